The predicted molar refractivity (Wildman–Crippen MR) is 89.1 cm³/mol. The lowest BCUT2D eigenvalue weighted by Crippen LogP contribution is -2.46. The maximum Gasteiger partial charge on any atom is 0.407 e. The standard InChI is InChI=1S/C16H27N3O2S/c1-11(14-17-8-9-22-14)18-12-6-5-7-13(10-12)19-15(20)21-16(2,3)4/h8-9,11-13,18H,5-7,10H2,1-4H3,(H,19,20). The van der Waals surface area contributed by atoms with Gasteiger partial charge in [-0.05, 0) is 53.4 Å². The number of hydrogen-bond donors (Lipinski definition) is 2. The SMILES string of the molecule is CC(NC1CCCC(NC(=O)OC(C)(C)C)C1)c1nccs1. The third-order valence-electron chi connectivity index (χ3n) is 3.70. The van der Waals surface area contributed by atoms with E-state index >= 15 is 0 Å². The van der Waals surface area contributed by atoms with Gasteiger partial charge in [-0.15, -0.1) is 11.3 Å². The maximum absolute atomic E-state index is 11.9. The van der Waals surface area contributed by atoms with Crippen molar-refractivity contribution < 1.29 is 9.53 Å². The van der Waals surface area contributed by atoms with Gasteiger partial charge in [-0.1, -0.05) is 0 Å². The number of thiazole rings is 1. The summed E-state index contributed by atoms with van der Waals surface area (Å²) in [4.78, 5) is 16.2. The summed E-state index contributed by atoms with van der Waals surface area (Å²) in [5.74, 6) is 0. The molecule has 0 radical (unpaired) electrons. The van der Waals surface area contributed by atoms with Crippen LogP contribution < -0.4 is 10.6 Å². The molecule has 3 atom stereocenters. The lowest BCUT2D eigenvalue weighted by molar-refractivity contribution is 0.0488. The molecule has 1 saturated carbocycles. The van der Waals surface area contributed by atoms with Crippen LogP contribution in [0.25, 0.3) is 0 Å². The van der Waals surface area contributed by atoms with E-state index in [2.05, 4.69) is 22.5 Å². The van der Waals surface area contributed by atoms with E-state index in [1.165, 1.54) is 0 Å². The van der Waals surface area contributed by atoms with Crippen LogP contribution in [-0.2, 0) is 4.74 Å². The Morgan fingerprint density at radius 3 is 2.77 bits per heavy atom. The summed E-state index contributed by atoms with van der Waals surface area (Å²) < 4.78 is 5.34. The fourth-order valence-electron chi connectivity index (χ4n) is 2.82. The second kappa shape index (κ2) is 7.42. The van der Waals surface area contributed by atoms with Crippen LogP contribution in [0.1, 0.15) is 64.4 Å². The van der Waals surface area contributed by atoms with Gasteiger partial charge in [0.15, 0.2) is 0 Å². The highest BCUT2D eigenvalue weighted by molar-refractivity contribution is 7.09. The van der Waals surface area contributed by atoms with Crippen molar-refractivity contribution in [3.8, 4) is 0 Å². The molecule has 1 aliphatic rings. The maximum atomic E-state index is 11.9. The Bertz CT molecular complexity index is 470. The molecule has 1 aromatic rings. The first kappa shape index (κ1) is 17.2. The first-order valence-corrected chi connectivity index (χ1v) is 8.86. The molecule has 22 heavy (non-hydrogen) atoms. The van der Waals surface area contributed by atoms with E-state index in [4.69, 9.17) is 4.74 Å². The number of nitrogens with zero attached hydrogens (tertiary/aromatic N) is 1. The number of carbonyl (C=O) groups excluding carboxylic acids is 1. The Morgan fingerprint density at radius 1 is 1.41 bits per heavy atom. The quantitative estimate of drug-likeness (QED) is 0.887. The van der Waals surface area contributed by atoms with Gasteiger partial charge in [-0.2, -0.15) is 0 Å². The van der Waals surface area contributed by atoms with E-state index in [-0.39, 0.29) is 18.2 Å². The molecule has 2 N–H and O–H groups in total. The Morgan fingerprint density at radius 2 is 2.14 bits per heavy atom. The van der Waals surface area contributed by atoms with Crippen LogP contribution in [0, 0.1) is 0 Å². The lowest BCUT2D eigenvalue weighted by Gasteiger charge is -2.32. The minimum Gasteiger partial charge on any atom is -0.444 e. The molecular formula is C16H27N3O2S. The summed E-state index contributed by atoms with van der Waals surface area (Å²) >= 11 is 1.67. The highest BCUT2D eigenvalue weighted by Gasteiger charge is 2.26. The van der Waals surface area contributed by atoms with E-state index in [9.17, 15) is 4.79 Å². The summed E-state index contributed by atoms with van der Waals surface area (Å²) in [6.07, 6.45) is 5.74. The van der Waals surface area contributed by atoms with E-state index in [0.29, 0.717) is 6.04 Å². The van der Waals surface area contributed by atoms with Crippen molar-refractivity contribution in [3.63, 3.8) is 0 Å². The average molecular weight is 325 g/mol. The lowest BCUT2D eigenvalue weighted by atomic mass is 9.90. The van der Waals surface area contributed by atoms with E-state index in [1.54, 1.807) is 11.3 Å². The molecular weight excluding hydrogens is 298 g/mol. The van der Waals surface area contributed by atoms with Crippen LogP contribution in [0.4, 0.5) is 4.79 Å². The molecule has 0 bridgehead atoms. The van der Waals surface area contributed by atoms with Crippen molar-refractivity contribution in [2.24, 2.45) is 0 Å². The summed E-state index contributed by atoms with van der Waals surface area (Å²) in [7, 11) is 0. The van der Waals surface area contributed by atoms with Crippen molar-refractivity contribution in [3.05, 3.63) is 16.6 Å². The van der Waals surface area contributed by atoms with Crippen molar-refractivity contribution in [2.45, 2.75) is 77.1 Å². The molecule has 1 aliphatic carbocycles. The molecule has 124 valence electrons. The third kappa shape index (κ3) is 5.57. The Kier molecular flexibility index (Phi) is 5.81. The predicted octanol–water partition coefficient (Wildman–Crippen LogP) is 3.63. The molecule has 0 spiro atoms. The van der Waals surface area contributed by atoms with Crippen LogP contribution in [0.3, 0.4) is 0 Å². The van der Waals surface area contributed by atoms with Crippen molar-refractivity contribution >= 4 is 17.4 Å². The Labute approximate surface area is 136 Å². The zero-order valence-electron chi connectivity index (χ0n) is 13.9. The first-order chi connectivity index (χ1) is 10.3. The number of amides is 1. The largest absolute Gasteiger partial charge is 0.444 e. The summed E-state index contributed by atoms with van der Waals surface area (Å²) in [5, 5.41) is 9.74. The second-order valence-electron chi connectivity index (χ2n) is 6.97. The van der Waals surface area contributed by atoms with Crippen molar-refractivity contribution in [1.82, 2.24) is 15.6 Å². The molecule has 5 nitrogen and oxygen atoms in total. The Hall–Kier alpha value is -1.14. The number of rotatable bonds is 4. The average Bonchev–Trinajstić information content (AvgIpc) is 2.90. The number of ether oxygens (including phenoxy) is 1. The number of aromatic nitrogens is 1. The van der Waals surface area contributed by atoms with Gasteiger partial charge in [0.2, 0.25) is 0 Å². The van der Waals surface area contributed by atoms with Gasteiger partial charge < -0.3 is 15.4 Å². The number of nitrogens with one attached hydrogen (secondary N) is 2. The van der Waals surface area contributed by atoms with Crippen LogP contribution in [0.15, 0.2) is 11.6 Å². The molecule has 0 aromatic carbocycles. The van der Waals surface area contributed by atoms with Crippen LogP contribution in [-0.4, -0.2) is 28.8 Å². The van der Waals surface area contributed by atoms with Gasteiger partial charge >= 0.3 is 6.09 Å². The fraction of sp³-hybridized carbons (Fsp3) is 0.750. The van der Waals surface area contributed by atoms with Gasteiger partial charge in [0, 0.05) is 23.7 Å². The third-order valence-corrected chi connectivity index (χ3v) is 4.66. The second-order valence-corrected chi connectivity index (χ2v) is 7.89. The zero-order valence-corrected chi connectivity index (χ0v) is 14.7. The van der Waals surface area contributed by atoms with E-state index < -0.39 is 5.60 Å². The number of hydrogen-bond acceptors (Lipinski definition) is 5. The normalized spacial score (nSPS) is 23.8. The van der Waals surface area contributed by atoms with Gasteiger partial charge in [-0.3, -0.25) is 0 Å². The molecule has 3 unspecified atom stereocenters. The number of alkyl carbamates (subject to hydrolysis) is 1. The minimum absolute atomic E-state index is 0.185. The molecule has 1 heterocycles. The molecule has 1 fully saturated rings. The molecule has 2 rings (SSSR count). The van der Waals surface area contributed by atoms with Gasteiger partial charge in [-0.25, -0.2) is 9.78 Å². The van der Waals surface area contributed by atoms with Gasteiger partial charge in [0.05, 0.1) is 6.04 Å². The molecule has 1 amide bonds. The first-order valence-electron chi connectivity index (χ1n) is 7.98. The Balaban J connectivity index is 1.80. The monoisotopic (exact) mass is 325 g/mol. The highest BCUT2D eigenvalue weighted by Crippen LogP contribution is 2.23. The molecule has 1 aromatic heterocycles. The molecule has 6 heteroatoms. The summed E-state index contributed by atoms with van der Waals surface area (Å²) in [6, 6.07) is 0.849. The van der Waals surface area contributed by atoms with Crippen LogP contribution in [0.2, 0.25) is 0 Å². The topological polar surface area (TPSA) is 63.2 Å². The van der Waals surface area contributed by atoms with Gasteiger partial charge in [0.1, 0.15) is 10.6 Å². The van der Waals surface area contributed by atoms with Crippen LogP contribution >= 0.6 is 11.3 Å². The molecule has 0 aliphatic heterocycles. The van der Waals surface area contributed by atoms with Gasteiger partial charge in [0.25, 0.3) is 0 Å². The van der Waals surface area contributed by atoms with Crippen molar-refractivity contribution in [2.75, 3.05) is 0 Å². The fourth-order valence-corrected chi connectivity index (χ4v) is 3.47. The summed E-state index contributed by atoms with van der Waals surface area (Å²) in [5.41, 5.74) is -0.449. The minimum atomic E-state index is -0.449. The van der Waals surface area contributed by atoms with E-state index in [0.717, 1.165) is 30.7 Å². The summed E-state index contributed by atoms with van der Waals surface area (Å²) in [6.45, 7) is 7.79. The van der Waals surface area contributed by atoms with Crippen LogP contribution in [0.5, 0.6) is 0 Å². The molecule has 0 saturated heterocycles. The number of carbonyl (C=O) groups is 1. The van der Waals surface area contributed by atoms with Crippen molar-refractivity contribution in [1.29, 1.82) is 0 Å². The smallest absolute Gasteiger partial charge is 0.407 e. The van der Waals surface area contributed by atoms with E-state index in [1.807, 2.05) is 32.3 Å². The zero-order chi connectivity index (χ0) is 16.2. The highest BCUT2D eigenvalue weighted by atomic mass is 32.1.